The second-order valence-electron chi connectivity index (χ2n) is 6.59. The molecule has 2 aromatic carbocycles. The molecule has 1 aliphatic rings. The summed E-state index contributed by atoms with van der Waals surface area (Å²) >= 11 is 5.16. The second-order valence-corrected chi connectivity index (χ2v) is 7.00. The Morgan fingerprint density at radius 2 is 1.86 bits per heavy atom. The molecular weight excluding hydrogens is 390 g/mol. The first-order valence-electron chi connectivity index (χ1n) is 9.28. The third kappa shape index (κ3) is 6.27. The molecule has 0 aromatic heterocycles. The maximum absolute atomic E-state index is 12.4. The van der Waals surface area contributed by atoms with Gasteiger partial charge in [-0.2, -0.15) is 0 Å². The molecule has 2 aromatic rings. The van der Waals surface area contributed by atoms with Crippen molar-refractivity contribution in [3.8, 4) is 5.75 Å². The van der Waals surface area contributed by atoms with E-state index in [1.807, 2.05) is 25.1 Å². The highest BCUT2D eigenvalue weighted by atomic mass is 32.1. The van der Waals surface area contributed by atoms with Gasteiger partial charge in [-0.05, 0) is 61.1 Å². The first-order valence-corrected chi connectivity index (χ1v) is 9.69. The molecule has 0 atom stereocenters. The van der Waals surface area contributed by atoms with Gasteiger partial charge in [0.1, 0.15) is 5.75 Å². The fourth-order valence-corrected chi connectivity index (χ4v) is 3.06. The molecule has 0 spiro atoms. The maximum Gasteiger partial charge on any atom is 0.264 e. The number of benzene rings is 2. The number of hydrogen-bond acceptors (Lipinski definition) is 5. The molecule has 8 heteroatoms. The molecule has 0 bridgehead atoms. The van der Waals surface area contributed by atoms with Gasteiger partial charge in [0, 0.05) is 24.3 Å². The fourth-order valence-electron chi connectivity index (χ4n) is 2.82. The van der Waals surface area contributed by atoms with Crippen molar-refractivity contribution in [2.45, 2.75) is 6.92 Å². The van der Waals surface area contributed by atoms with E-state index in [4.69, 9.17) is 21.7 Å². The Morgan fingerprint density at radius 1 is 1.14 bits per heavy atom. The summed E-state index contributed by atoms with van der Waals surface area (Å²) in [5, 5.41) is 5.66. The van der Waals surface area contributed by atoms with E-state index in [1.165, 1.54) is 0 Å². The molecule has 29 heavy (non-hydrogen) atoms. The van der Waals surface area contributed by atoms with Crippen LogP contribution in [0.2, 0.25) is 0 Å². The molecule has 2 N–H and O–H groups in total. The third-order valence-corrected chi connectivity index (χ3v) is 4.50. The van der Waals surface area contributed by atoms with Crippen LogP contribution in [0.4, 0.5) is 5.69 Å². The molecular formula is C21H23N3O4S. The predicted molar refractivity (Wildman–Crippen MR) is 114 cm³/mol. The van der Waals surface area contributed by atoms with Crippen LogP contribution >= 0.6 is 12.2 Å². The molecule has 3 rings (SSSR count). The number of aryl methyl sites for hydroxylation is 1. The highest BCUT2D eigenvalue weighted by Crippen LogP contribution is 2.13. The molecule has 0 saturated carbocycles. The lowest BCUT2D eigenvalue weighted by Gasteiger charge is -2.26. The van der Waals surface area contributed by atoms with Crippen LogP contribution in [0.25, 0.3) is 0 Å². The van der Waals surface area contributed by atoms with E-state index in [1.54, 1.807) is 35.2 Å². The highest BCUT2D eigenvalue weighted by molar-refractivity contribution is 7.80. The number of carbonyl (C=O) groups excluding carboxylic acids is 2. The largest absolute Gasteiger partial charge is 0.484 e. The van der Waals surface area contributed by atoms with E-state index in [9.17, 15) is 9.59 Å². The van der Waals surface area contributed by atoms with Gasteiger partial charge in [0.05, 0.1) is 13.2 Å². The summed E-state index contributed by atoms with van der Waals surface area (Å²) in [6.07, 6.45) is 0. The first-order chi connectivity index (χ1) is 14.0. The lowest BCUT2D eigenvalue weighted by Crippen LogP contribution is -2.40. The van der Waals surface area contributed by atoms with Gasteiger partial charge in [-0.1, -0.05) is 12.1 Å². The van der Waals surface area contributed by atoms with E-state index < -0.39 is 0 Å². The zero-order chi connectivity index (χ0) is 20.6. The number of carbonyl (C=O) groups is 2. The van der Waals surface area contributed by atoms with E-state index in [-0.39, 0.29) is 23.5 Å². The van der Waals surface area contributed by atoms with Crippen molar-refractivity contribution in [1.29, 1.82) is 0 Å². The summed E-state index contributed by atoms with van der Waals surface area (Å²) in [6, 6.07) is 14.4. The zero-order valence-electron chi connectivity index (χ0n) is 16.1. The Hall–Kier alpha value is -2.97. The van der Waals surface area contributed by atoms with Crippen LogP contribution in [0.5, 0.6) is 5.75 Å². The van der Waals surface area contributed by atoms with E-state index in [2.05, 4.69) is 10.6 Å². The Morgan fingerprint density at radius 3 is 2.55 bits per heavy atom. The van der Waals surface area contributed by atoms with Gasteiger partial charge < -0.3 is 19.7 Å². The Labute approximate surface area is 175 Å². The SMILES string of the molecule is Cc1cccc(OCC(=O)NC(=S)Nc2ccc(C(=O)N3CCOCC3)cc2)c1. The minimum atomic E-state index is -0.358. The molecule has 0 unspecified atom stereocenters. The van der Waals surface area contributed by atoms with Gasteiger partial charge >= 0.3 is 0 Å². The zero-order valence-corrected chi connectivity index (χ0v) is 17.0. The minimum Gasteiger partial charge on any atom is -0.484 e. The third-order valence-electron chi connectivity index (χ3n) is 4.30. The van der Waals surface area contributed by atoms with Crippen LogP contribution in [0.3, 0.4) is 0 Å². The molecule has 1 heterocycles. The number of hydrogen-bond donors (Lipinski definition) is 2. The number of morpholine rings is 1. The lowest BCUT2D eigenvalue weighted by atomic mass is 10.1. The van der Waals surface area contributed by atoms with Gasteiger partial charge in [-0.25, -0.2) is 0 Å². The van der Waals surface area contributed by atoms with Crippen molar-refractivity contribution in [3.63, 3.8) is 0 Å². The summed E-state index contributed by atoms with van der Waals surface area (Å²) < 4.78 is 10.7. The fraction of sp³-hybridized carbons (Fsp3) is 0.286. The molecule has 0 aliphatic carbocycles. The van der Waals surface area contributed by atoms with Crippen molar-refractivity contribution < 1.29 is 19.1 Å². The highest BCUT2D eigenvalue weighted by Gasteiger charge is 2.18. The molecule has 0 radical (unpaired) electrons. The van der Waals surface area contributed by atoms with E-state index in [0.717, 1.165) is 5.56 Å². The van der Waals surface area contributed by atoms with E-state index >= 15 is 0 Å². The number of rotatable bonds is 5. The quantitative estimate of drug-likeness (QED) is 0.733. The van der Waals surface area contributed by atoms with Crippen LogP contribution in [0.1, 0.15) is 15.9 Å². The maximum atomic E-state index is 12.4. The van der Waals surface area contributed by atoms with Gasteiger partial charge in [-0.3, -0.25) is 14.9 Å². The summed E-state index contributed by atoms with van der Waals surface area (Å²) in [5.74, 6) is 0.242. The monoisotopic (exact) mass is 413 g/mol. The first kappa shape index (κ1) is 20.8. The summed E-state index contributed by atoms with van der Waals surface area (Å²) in [5.41, 5.74) is 2.32. The normalized spacial score (nSPS) is 13.5. The van der Waals surface area contributed by atoms with Crippen molar-refractivity contribution >= 4 is 34.8 Å². The molecule has 1 aliphatic heterocycles. The van der Waals surface area contributed by atoms with Gasteiger partial charge in [0.25, 0.3) is 11.8 Å². The molecule has 1 fully saturated rings. The number of nitrogens with zero attached hydrogens (tertiary/aromatic N) is 1. The number of amides is 2. The smallest absolute Gasteiger partial charge is 0.264 e. The van der Waals surface area contributed by atoms with Gasteiger partial charge in [0.15, 0.2) is 11.7 Å². The van der Waals surface area contributed by atoms with Crippen molar-refractivity contribution in [2.24, 2.45) is 0 Å². The average molecular weight is 413 g/mol. The Balaban J connectivity index is 1.46. The van der Waals surface area contributed by atoms with Crippen LogP contribution in [0, 0.1) is 6.92 Å². The van der Waals surface area contributed by atoms with Crippen molar-refractivity contribution in [2.75, 3.05) is 38.2 Å². The molecule has 1 saturated heterocycles. The second kappa shape index (κ2) is 9.99. The van der Waals surface area contributed by atoms with Crippen LogP contribution in [-0.4, -0.2) is 54.7 Å². The van der Waals surface area contributed by atoms with Crippen molar-refractivity contribution in [1.82, 2.24) is 10.2 Å². The Bertz CT molecular complexity index is 880. The van der Waals surface area contributed by atoms with E-state index in [0.29, 0.717) is 43.3 Å². The van der Waals surface area contributed by atoms with Crippen LogP contribution in [0.15, 0.2) is 48.5 Å². The number of anilines is 1. The number of ether oxygens (including phenoxy) is 2. The van der Waals surface area contributed by atoms with Gasteiger partial charge in [-0.15, -0.1) is 0 Å². The molecule has 152 valence electrons. The summed E-state index contributed by atoms with van der Waals surface area (Å²) in [4.78, 5) is 26.2. The minimum absolute atomic E-state index is 0.0240. The standard InChI is InChI=1S/C21H23N3O4S/c1-15-3-2-4-18(13-15)28-14-19(25)23-21(29)22-17-7-5-16(6-8-17)20(26)24-9-11-27-12-10-24/h2-8,13H,9-12,14H2,1H3,(H2,22,23,25,29). The number of thiocarbonyl (C=S) groups is 1. The van der Waals surface area contributed by atoms with Crippen LogP contribution in [-0.2, 0) is 9.53 Å². The lowest BCUT2D eigenvalue weighted by molar-refractivity contribution is -0.121. The molecule has 7 nitrogen and oxygen atoms in total. The predicted octanol–water partition coefficient (Wildman–Crippen LogP) is 2.36. The topological polar surface area (TPSA) is 79.9 Å². The average Bonchev–Trinajstić information content (AvgIpc) is 2.73. The molecule has 2 amide bonds. The number of nitrogens with one attached hydrogen (secondary N) is 2. The Kier molecular flexibility index (Phi) is 7.15. The summed E-state index contributed by atoms with van der Waals surface area (Å²) in [6.45, 7) is 4.13. The van der Waals surface area contributed by atoms with Crippen molar-refractivity contribution in [3.05, 3.63) is 59.7 Å². The van der Waals surface area contributed by atoms with Crippen LogP contribution < -0.4 is 15.4 Å². The summed E-state index contributed by atoms with van der Waals surface area (Å²) in [7, 11) is 0. The van der Waals surface area contributed by atoms with Gasteiger partial charge in [0.2, 0.25) is 0 Å².